The van der Waals surface area contributed by atoms with Gasteiger partial charge in [-0.2, -0.15) is 5.10 Å². The van der Waals surface area contributed by atoms with Crippen molar-refractivity contribution in [3.8, 4) is 11.4 Å². The standard InChI is InChI=1S/C25H24ClN5O4/c1-35-21-8-7-17(26)13-19(21)23(32)29-11-9-25(34,10-12-29)15-30-16-27-22-20(24(30)33)14-28-31(22)18-5-3-2-4-6-18/h2-8,13-14,16,34H,9-12,15H2,1H3. The summed E-state index contributed by atoms with van der Waals surface area (Å²) >= 11 is 6.07. The molecule has 1 N–H and O–H groups in total. The lowest BCUT2D eigenvalue weighted by molar-refractivity contribution is -0.0299. The summed E-state index contributed by atoms with van der Waals surface area (Å²) in [5.74, 6) is 0.238. The number of benzene rings is 2. The minimum Gasteiger partial charge on any atom is -0.496 e. The summed E-state index contributed by atoms with van der Waals surface area (Å²) in [6.45, 7) is 0.747. The number of aliphatic hydroxyl groups is 1. The molecule has 35 heavy (non-hydrogen) atoms. The average Bonchev–Trinajstić information content (AvgIpc) is 3.31. The lowest BCUT2D eigenvalue weighted by Gasteiger charge is -2.38. The second-order valence-corrected chi connectivity index (χ2v) is 9.10. The zero-order valence-electron chi connectivity index (χ0n) is 19.1. The lowest BCUT2D eigenvalue weighted by atomic mass is 9.91. The second-order valence-electron chi connectivity index (χ2n) is 8.67. The molecule has 0 atom stereocenters. The van der Waals surface area contributed by atoms with Crippen molar-refractivity contribution in [3.63, 3.8) is 0 Å². The number of amides is 1. The van der Waals surface area contributed by atoms with E-state index in [0.29, 0.717) is 53.3 Å². The van der Waals surface area contributed by atoms with Gasteiger partial charge in [-0.05, 0) is 43.2 Å². The largest absolute Gasteiger partial charge is 0.496 e. The Kier molecular flexibility index (Phi) is 6.04. The van der Waals surface area contributed by atoms with Crippen LogP contribution in [0.15, 0.2) is 65.8 Å². The molecule has 1 aliphatic rings. The fourth-order valence-electron chi connectivity index (χ4n) is 4.44. The molecule has 1 aliphatic heterocycles. The van der Waals surface area contributed by atoms with Crippen LogP contribution in [-0.4, -0.2) is 61.0 Å². The van der Waals surface area contributed by atoms with Crippen LogP contribution in [0.3, 0.4) is 0 Å². The molecule has 5 rings (SSSR count). The number of para-hydroxylation sites is 1. The highest BCUT2D eigenvalue weighted by atomic mass is 35.5. The third kappa shape index (κ3) is 4.40. The van der Waals surface area contributed by atoms with Crippen molar-refractivity contribution in [1.82, 2.24) is 24.2 Å². The molecule has 180 valence electrons. The van der Waals surface area contributed by atoms with Gasteiger partial charge in [0, 0.05) is 18.1 Å². The molecule has 4 aromatic rings. The second kappa shape index (κ2) is 9.16. The number of hydrogen-bond donors (Lipinski definition) is 1. The molecule has 2 aromatic carbocycles. The molecule has 2 aromatic heterocycles. The molecular formula is C25H24ClN5O4. The predicted molar refractivity (Wildman–Crippen MR) is 131 cm³/mol. The zero-order valence-corrected chi connectivity index (χ0v) is 19.9. The van der Waals surface area contributed by atoms with Crippen LogP contribution in [-0.2, 0) is 6.54 Å². The SMILES string of the molecule is COc1ccc(Cl)cc1C(=O)N1CCC(O)(Cn2cnc3c(cnn3-c3ccccc3)c2=O)CC1. The minimum atomic E-state index is -1.15. The van der Waals surface area contributed by atoms with Gasteiger partial charge in [-0.3, -0.25) is 14.2 Å². The van der Waals surface area contributed by atoms with E-state index in [4.69, 9.17) is 16.3 Å². The van der Waals surface area contributed by atoms with Crippen LogP contribution in [0.1, 0.15) is 23.2 Å². The van der Waals surface area contributed by atoms with Gasteiger partial charge in [-0.1, -0.05) is 29.8 Å². The maximum absolute atomic E-state index is 13.1. The Morgan fingerprint density at radius 2 is 1.91 bits per heavy atom. The van der Waals surface area contributed by atoms with Crippen molar-refractivity contribution in [3.05, 3.63) is 82.0 Å². The van der Waals surface area contributed by atoms with Crippen molar-refractivity contribution in [1.29, 1.82) is 0 Å². The summed E-state index contributed by atoms with van der Waals surface area (Å²) in [7, 11) is 1.50. The van der Waals surface area contributed by atoms with Crippen LogP contribution in [0.25, 0.3) is 16.7 Å². The first kappa shape index (κ1) is 23.1. The van der Waals surface area contributed by atoms with E-state index in [1.165, 1.54) is 24.2 Å². The molecule has 0 spiro atoms. The van der Waals surface area contributed by atoms with Crippen LogP contribution in [0, 0.1) is 0 Å². The summed E-state index contributed by atoms with van der Waals surface area (Å²) in [6, 6.07) is 14.4. The quantitative estimate of drug-likeness (QED) is 0.458. The van der Waals surface area contributed by atoms with Gasteiger partial charge in [0.2, 0.25) is 0 Å². The molecule has 0 radical (unpaired) electrons. The van der Waals surface area contributed by atoms with Crippen LogP contribution in [0.2, 0.25) is 5.02 Å². The first-order valence-corrected chi connectivity index (χ1v) is 11.6. The van der Waals surface area contributed by atoms with E-state index in [1.807, 2.05) is 30.3 Å². The number of aromatic nitrogens is 4. The van der Waals surface area contributed by atoms with Gasteiger partial charge in [-0.25, -0.2) is 9.67 Å². The fraction of sp³-hybridized carbons (Fsp3) is 0.280. The van der Waals surface area contributed by atoms with Crippen molar-refractivity contribution in [2.24, 2.45) is 0 Å². The summed E-state index contributed by atoms with van der Waals surface area (Å²) in [4.78, 5) is 32.3. The maximum atomic E-state index is 13.1. The highest BCUT2D eigenvalue weighted by molar-refractivity contribution is 6.31. The summed E-state index contributed by atoms with van der Waals surface area (Å²) in [6.07, 6.45) is 3.57. The van der Waals surface area contributed by atoms with E-state index in [9.17, 15) is 14.7 Å². The Morgan fingerprint density at radius 3 is 2.63 bits per heavy atom. The van der Waals surface area contributed by atoms with Crippen LogP contribution >= 0.6 is 11.6 Å². The number of halogens is 1. The highest BCUT2D eigenvalue weighted by Gasteiger charge is 2.35. The molecular weight excluding hydrogens is 470 g/mol. The smallest absolute Gasteiger partial charge is 0.264 e. The van der Waals surface area contributed by atoms with E-state index in [0.717, 1.165) is 5.69 Å². The van der Waals surface area contributed by atoms with Gasteiger partial charge in [0.1, 0.15) is 17.5 Å². The normalized spacial score (nSPS) is 15.3. The van der Waals surface area contributed by atoms with Gasteiger partial charge in [0.05, 0.1) is 36.7 Å². The zero-order chi connectivity index (χ0) is 24.6. The van der Waals surface area contributed by atoms with Crippen LogP contribution in [0.5, 0.6) is 5.75 Å². The van der Waals surface area contributed by atoms with E-state index in [-0.39, 0.29) is 18.0 Å². The molecule has 0 saturated carbocycles. The van der Waals surface area contributed by atoms with Crippen LogP contribution < -0.4 is 10.3 Å². The number of carbonyl (C=O) groups excluding carboxylic acids is 1. The Morgan fingerprint density at radius 1 is 1.17 bits per heavy atom. The number of carbonyl (C=O) groups is 1. The Hall–Kier alpha value is -3.69. The molecule has 0 unspecified atom stereocenters. The van der Waals surface area contributed by atoms with Gasteiger partial charge < -0.3 is 14.7 Å². The molecule has 1 amide bonds. The first-order valence-electron chi connectivity index (χ1n) is 11.2. The molecule has 1 saturated heterocycles. The van der Waals surface area contributed by atoms with Crippen molar-refractivity contribution >= 4 is 28.5 Å². The number of hydrogen-bond acceptors (Lipinski definition) is 6. The number of ether oxygens (including phenoxy) is 1. The third-order valence-corrected chi connectivity index (χ3v) is 6.63. The lowest BCUT2D eigenvalue weighted by Crippen LogP contribution is -2.49. The van der Waals surface area contributed by atoms with Crippen molar-refractivity contribution in [2.75, 3.05) is 20.2 Å². The summed E-state index contributed by atoms with van der Waals surface area (Å²) < 4.78 is 8.33. The fourth-order valence-corrected chi connectivity index (χ4v) is 4.61. The molecule has 1 fully saturated rings. The van der Waals surface area contributed by atoms with E-state index < -0.39 is 5.60 Å². The molecule has 0 bridgehead atoms. The monoisotopic (exact) mass is 493 g/mol. The van der Waals surface area contributed by atoms with Gasteiger partial charge >= 0.3 is 0 Å². The number of rotatable bonds is 5. The number of nitrogens with zero attached hydrogens (tertiary/aromatic N) is 5. The molecule has 10 heteroatoms. The van der Waals surface area contributed by atoms with Crippen molar-refractivity contribution in [2.45, 2.75) is 25.0 Å². The number of likely N-dealkylation sites (tertiary alicyclic amines) is 1. The Labute approximate surface area is 206 Å². The topological polar surface area (TPSA) is 102 Å². The van der Waals surface area contributed by atoms with Gasteiger partial charge in [-0.15, -0.1) is 0 Å². The molecule has 3 heterocycles. The minimum absolute atomic E-state index is 0.0772. The van der Waals surface area contributed by atoms with Crippen LogP contribution in [0.4, 0.5) is 0 Å². The summed E-state index contributed by atoms with van der Waals surface area (Å²) in [5.41, 5.74) is 0.225. The van der Waals surface area contributed by atoms with E-state index in [2.05, 4.69) is 10.1 Å². The molecule has 0 aliphatic carbocycles. The molecule has 9 nitrogen and oxygen atoms in total. The number of fused-ring (bicyclic) bond motifs is 1. The Bertz CT molecular complexity index is 1440. The van der Waals surface area contributed by atoms with Gasteiger partial charge in [0.25, 0.3) is 11.5 Å². The average molecular weight is 494 g/mol. The Balaban J connectivity index is 1.32. The van der Waals surface area contributed by atoms with Gasteiger partial charge in [0.15, 0.2) is 5.65 Å². The van der Waals surface area contributed by atoms with E-state index >= 15 is 0 Å². The maximum Gasteiger partial charge on any atom is 0.264 e. The predicted octanol–water partition coefficient (Wildman–Crippen LogP) is 2.91. The highest BCUT2D eigenvalue weighted by Crippen LogP contribution is 2.28. The third-order valence-electron chi connectivity index (χ3n) is 6.39. The van der Waals surface area contributed by atoms with Crippen molar-refractivity contribution < 1.29 is 14.6 Å². The number of piperidine rings is 1. The summed E-state index contributed by atoms with van der Waals surface area (Å²) in [5, 5.41) is 16.4. The number of methoxy groups -OCH3 is 1. The van der Waals surface area contributed by atoms with E-state index in [1.54, 1.807) is 27.8 Å². The first-order chi connectivity index (χ1) is 16.9.